The van der Waals surface area contributed by atoms with Crippen LogP contribution in [0.4, 0.5) is 85.1 Å². The van der Waals surface area contributed by atoms with Crippen molar-refractivity contribution in [1.29, 1.82) is 0 Å². The van der Waals surface area contributed by atoms with E-state index in [1.54, 1.807) is 26.0 Å². The van der Waals surface area contributed by atoms with Crippen molar-refractivity contribution in [1.82, 2.24) is 0 Å². The van der Waals surface area contributed by atoms with Crippen molar-refractivity contribution >= 4 is 26.1 Å². The van der Waals surface area contributed by atoms with Crippen molar-refractivity contribution in [2.45, 2.75) is 119 Å². The molecule has 0 unspecified atom stereocenters. The van der Waals surface area contributed by atoms with Gasteiger partial charge >= 0.3 is 59.7 Å². The average Bonchev–Trinajstić information content (AvgIpc) is 3.23. The van der Waals surface area contributed by atoms with Crippen LogP contribution in [-0.2, 0) is 18.7 Å². The molecule has 0 radical (unpaired) electrons. The van der Waals surface area contributed by atoms with Crippen molar-refractivity contribution in [3.63, 3.8) is 0 Å². The SMILES string of the molecule is C=CCOC(=O)/C=C(\C)[C@@H](C)[C@H](OC(=O)Nc1ccc(OC)cc1)c1ccc(OCCO[Si](CCC(F)(F)C(F)(F)C(F)(F)C(F)(F)C(F)(F)C(F)(F)C(F)(F)C(F)(F)F)(C(C)C)C(C)C)cc1. The van der Waals surface area contributed by atoms with Gasteiger partial charge in [-0.3, -0.25) is 5.32 Å². The van der Waals surface area contributed by atoms with Crippen LogP contribution in [0.2, 0.25) is 17.1 Å². The van der Waals surface area contributed by atoms with Gasteiger partial charge in [-0.25, -0.2) is 9.59 Å². The van der Waals surface area contributed by atoms with Gasteiger partial charge in [0.2, 0.25) is 0 Å². The minimum atomic E-state index is -8.71. The zero-order valence-electron chi connectivity index (χ0n) is 37.1. The van der Waals surface area contributed by atoms with Gasteiger partial charge in [0.25, 0.3) is 0 Å². The number of anilines is 1. The third-order valence-electron chi connectivity index (χ3n) is 10.9. The Bertz CT molecular complexity index is 2020. The van der Waals surface area contributed by atoms with Gasteiger partial charge in [-0.15, -0.1) is 0 Å². The van der Waals surface area contributed by atoms with E-state index in [9.17, 15) is 75.4 Å². The number of carbonyl (C=O) groups is 2. The second kappa shape index (κ2) is 21.9. The molecule has 0 spiro atoms. The number of methoxy groups -OCH3 is 1. The topological polar surface area (TPSA) is 92.3 Å². The van der Waals surface area contributed by atoms with Gasteiger partial charge in [0.05, 0.1) is 13.7 Å². The first-order valence-electron chi connectivity index (χ1n) is 20.0. The maximum absolute atomic E-state index is 15.0. The summed E-state index contributed by atoms with van der Waals surface area (Å²) < 4.78 is 264. The van der Waals surface area contributed by atoms with E-state index in [-0.39, 0.29) is 12.4 Å². The number of rotatable bonds is 25. The van der Waals surface area contributed by atoms with Crippen molar-refractivity contribution in [2.24, 2.45) is 5.92 Å². The van der Waals surface area contributed by atoms with Crippen LogP contribution >= 0.6 is 0 Å². The maximum atomic E-state index is 15.0. The summed E-state index contributed by atoms with van der Waals surface area (Å²) in [4.78, 5) is 25.3. The molecule has 0 bridgehead atoms. The van der Waals surface area contributed by atoms with E-state index in [0.29, 0.717) is 22.6 Å². The van der Waals surface area contributed by atoms with Gasteiger partial charge in [-0.2, -0.15) is 74.6 Å². The van der Waals surface area contributed by atoms with E-state index in [1.165, 1.54) is 83.4 Å². The number of halogens is 17. The molecule has 1 amide bonds. The second-order valence-corrected chi connectivity index (χ2v) is 21.0. The summed E-state index contributed by atoms with van der Waals surface area (Å²) in [5.41, 5.74) is -0.676. The minimum Gasteiger partial charge on any atom is -0.497 e. The number of esters is 1. The summed E-state index contributed by atoms with van der Waals surface area (Å²) in [7, 11) is -2.59. The van der Waals surface area contributed by atoms with Gasteiger partial charge in [-0.05, 0) is 66.0 Å². The van der Waals surface area contributed by atoms with Gasteiger partial charge < -0.3 is 23.4 Å². The summed E-state index contributed by atoms with van der Waals surface area (Å²) in [5, 5.41) is 2.56. The van der Waals surface area contributed by atoms with Crippen LogP contribution in [0.1, 0.15) is 59.6 Å². The fourth-order valence-corrected chi connectivity index (χ4v) is 11.1. The summed E-state index contributed by atoms with van der Waals surface area (Å²) in [6.07, 6.45) is -9.85. The number of hydrogen-bond acceptors (Lipinski definition) is 7. The van der Waals surface area contributed by atoms with Crippen molar-refractivity contribution in [3.8, 4) is 11.5 Å². The number of nitrogens with one attached hydrogen (secondary N) is 1. The smallest absolute Gasteiger partial charge is 0.460 e. The lowest BCUT2D eigenvalue weighted by Crippen LogP contribution is -2.74. The molecule has 2 aromatic carbocycles. The molecule has 0 aromatic heterocycles. The molecule has 2 atom stereocenters. The quantitative estimate of drug-likeness (QED) is 0.0264. The van der Waals surface area contributed by atoms with E-state index in [4.69, 9.17) is 23.4 Å². The third kappa shape index (κ3) is 12.2. The van der Waals surface area contributed by atoms with E-state index < -0.39 is 117 Å². The Hall–Kier alpha value is -4.75. The fraction of sp³-hybridized carbons (Fsp3) is 0.571. The molecule has 2 rings (SSSR count). The average molecular weight is 1030 g/mol. The standard InChI is InChI=1S/C42H48F17NO7Si/c1-9-19-65-32(61)23-26(6)27(7)33(67-34(62)60-29-12-16-30(63-8)17-13-29)28-10-14-31(15-11-28)64-20-21-66-68(24(2)3,25(4)5)22-18-35(43,44)36(45,46)37(47,48)38(49,50)39(51,52)40(53,54)41(55,56)42(57,58)59/h9-17,23-25,27,33H,1,18-22H2,2-8H3,(H,60,62)/b26-23+/t27-,33+/m1/s1. The Kier molecular flexibility index (Phi) is 19.1. The largest absolute Gasteiger partial charge is 0.497 e. The first-order valence-corrected chi connectivity index (χ1v) is 22.3. The molecule has 0 saturated carbocycles. The van der Waals surface area contributed by atoms with Crippen molar-refractivity contribution < 1.29 is 108 Å². The van der Waals surface area contributed by atoms with Crippen molar-refractivity contribution in [3.05, 3.63) is 78.4 Å². The van der Waals surface area contributed by atoms with Gasteiger partial charge in [0.1, 0.15) is 30.8 Å². The first-order chi connectivity index (χ1) is 30.9. The number of ether oxygens (including phenoxy) is 4. The Morgan fingerprint density at radius 1 is 0.676 bits per heavy atom. The Balaban J connectivity index is 2.33. The highest BCUT2D eigenvalue weighted by Crippen LogP contribution is 2.64. The van der Waals surface area contributed by atoms with Crippen LogP contribution < -0.4 is 14.8 Å². The molecule has 26 heteroatoms. The lowest BCUT2D eigenvalue weighted by molar-refractivity contribution is -0.461. The molecule has 0 aliphatic rings. The van der Waals surface area contributed by atoms with E-state index in [1.807, 2.05) is 0 Å². The first kappa shape index (κ1) is 59.4. The predicted octanol–water partition coefficient (Wildman–Crippen LogP) is 13.9. The number of carbonyl (C=O) groups excluding carboxylic acids is 2. The van der Waals surface area contributed by atoms with Crippen LogP contribution in [0.5, 0.6) is 11.5 Å². The number of hydrogen-bond donors (Lipinski definition) is 1. The summed E-state index contributed by atoms with van der Waals surface area (Å²) in [6, 6.07) is 10.6. The van der Waals surface area contributed by atoms with Gasteiger partial charge in [0.15, 0.2) is 8.32 Å². The Labute approximate surface area is 380 Å². The number of amides is 1. The zero-order valence-corrected chi connectivity index (χ0v) is 38.1. The van der Waals surface area contributed by atoms with Crippen LogP contribution in [-0.4, -0.2) is 94.9 Å². The van der Waals surface area contributed by atoms with Crippen LogP contribution in [0.3, 0.4) is 0 Å². The zero-order chi connectivity index (χ0) is 52.7. The summed E-state index contributed by atoms with van der Waals surface area (Å²) >= 11 is 0. The highest BCUT2D eigenvalue weighted by Gasteiger charge is 2.95. The third-order valence-corrected chi connectivity index (χ3v) is 16.6. The summed E-state index contributed by atoms with van der Waals surface area (Å²) in [6.45, 7) is 10.9. The highest BCUT2D eigenvalue weighted by molar-refractivity contribution is 6.76. The molecular weight excluding hydrogens is 982 g/mol. The molecule has 2 aromatic rings. The molecule has 0 saturated heterocycles. The Morgan fingerprint density at radius 3 is 1.60 bits per heavy atom. The molecule has 8 nitrogen and oxygen atoms in total. The van der Waals surface area contributed by atoms with Gasteiger partial charge in [-0.1, -0.05) is 65.0 Å². The Morgan fingerprint density at radius 2 is 1.15 bits per heavy atom. The summed E-state index contributed by atoms with van der Waals surface area (Å²) in [5.74, 6) is -57.7. The minimum absolute atomic E-state index is 0.0818. The number of benzene rings is 2. The molecule has 0 aliphatic carbocycles. The van der Waals surface area contributed by atoms with E-state index in [0.717, 1.165) is 0 Å². The van der Waals surface area contributed by atoms with E-state index in [2.05, 4.69) is 11.9 Å². The van der Waals surface area contributed by atoms with Crippen LogP contribution in [0.25, 0.3) is 0 Å². The lowest BCUT2D eigenvalue weighted by Gasteiger charge is -2.44. The van der Waals surface area contributed by atoms with Gasteiger partial charge in [0, 0.05) is 24.1 Å². The maximum Gasteiger partial charge on any atom is 0.460 e. The fourth-order valence-electron chi connectivity index (χ4n) is 6.63. The predicted molar refractivity (Wildman–Crippen MR) is 214 cm³/mol. The number of alkyl halides is 17. The second-order valence-electron chi connectivity index (χ2n) is 16.0. The van der Waals surface area contributed by atoms with Crippen molar-refractivity contribution in [2.75, 3.05) is 32.2 Å². The molecule has 68 heavy (non-hydrogen) atoms. The molecular formula is C42H48F17NO7Si. The molecule has 0 fully saturated rings. The highest BCUT2D eigenvalue weighted by atomic mass is 28.4. The molecule has 0 heterocycles. The molecule has 1 N–H and O–H groups in total. The van der Waals surface area contributed by atoms with Crippen LogP contribution in [0, 0.1) is 5.92 Å². The lowest BCUT2D eigenvalue weighted by atomic mass is 9.88. The van der Waals surface area contributed by atoms with E-state index >= 15 is 8.78 Å². The monoisotopic (exact) mass is 1030 g/mol. The molecule has 386 valence electrons. The molecule has 0 aliphatic heterocycles. The normalized spacial score (nSPS) is 14.9. The van der Waals surface area contributed by atoms with Crippen LogP contribution in [0.15, 0.2) is 72.8 Å².